The fraction of sp³-hybridized carbons (Fsp3) is 0.333. The van der Waals surface area contributed by atoms with Gasteiger partial charge in [0.2, 0.25) is 0 Å². The Kier molecular flexibility index (Phi) is 5.24. The number of para-hydroxylation sites is 1. The Balaban J connectivity index is 2.06. The van der Waals surface area contributed by atoms with Crippen LogP contribution in [0.2, 0.25) is 0 Å². The molecule has 0 radical (unpaired) electrons. The minimum atomic E-state index is -1.04. The molecule has 0 spiro atoms. The summed E-state index contributed by atoms with van der Waals surface area (Å²) in [7, 11) is 0. The second-order valence-electron chi connectivity index (χ2n) is 4.86. The van der Waals surface area contributed by atoms with Crippen LogP contribution >= 0.6 is 0 Å². The quantitative estimate of drug-likeness (QED) is 0.810. The van der Waals surface area contributed by atoms with E-state index in [1.165, 1.54) is 11.0 Å². The number of hydrogen-bond donors (Lipinski definition) is 2. The maximum atomic E-state index is 12.1. The molecule has 0 aliphatic rings. The van der Waals surface area contributed by atoms with E-state index in [0.29, 0.717) is 6.42 Å². The zero-order valence-corrected chi connectivity index (χ0v) is 12.3. The Hall–Kier alpha value is -2.70. The lowest BCUT2D eigenvalue weighted by atomic mass is 10.1. The molecule has 1 heterocycles. The summed E-state index contributed by atoms with van der Waals surface area (Å²) in [6.45, 7) is 1.96. The van der Waals surface area contributed by atoms with Crippen molar-refractivity contribution in [2.45, 2.75) is 32.2 Å². The summed E-state index contributed by atoms with van der Waals surface area (Å²) in [5.41, 5.74) is 0.814. The van der Waals surface area contributed by atoms with Crippen molar-refractivity contribution in [3.63, 3.8) is 0 Å². The molecule has 0 aliphatic heterocycles. The van der Waals surface area contributed by atoms with Gasteiger partial charge < -0.3 is 10.4 Å². The van der Waals surface area contributed by atoms with Crippen LogP contribution in [0.4, 0.5) is 0 Å². The van der Waals surface area contributed by atoms with Crippen LogP contribution in [-0.2, 0) is 4.79 Å². The van der Waals surface area contributed by atoms with Gasteiger partial charge in [0, 0.05) is 0 Å². The molecule has 1 aromatic heterocycles. The highest BCUT2D eigenvalue weighted by Gasteiger charge is 2.21. The lowest BCUT2D eigenvalue weighted by Crippen LogP contribution is -2.40. The maximum absolute atomic E-state index is 12.1. The molecule has 2 N–H and O–H groups in total. The van der Waals surface area contributed by atoms with Crippen molar-refractivity contribution in [3.05, 3.63) is 42.2 Å². The minimum Gasteiger partial charge on any atom is -0.480 e. The van der Waals surface area contributed by atoms with Crippen molar-refractivity contribution in [2.75, 3.05) is 0 Å². The first kappa shape index (κ1) is 15.7. The largest absolute Gasteiger partial charge is 0.480 e. The number of carbonyl (C=O) groups is 2. The normalized spacial score (nSPS) is 11.9. The highest BCUT2D eigenvalue weighted by molar-refractivity contribution is 5.94. The van der Waals surface area contributed by atoms with Gasteiger partial charge >= 0.3 is 5.97 Å². The highest BCUT2D eigenvalue weighted by Crippen LogP contribution is 2.06. The summed E-state index contributed by atoms with van der Waals surface area (Å²) in [5.74, 6) is -1.58. The van der Waals surface area contributed by atoms with Crippen LogP contribution in [0.5, 0.6) is 0 Å². The van der Waals surface area contributed by atoms with E-state index in [9.17, 15) is 9.59 Å². The van der Waals surface area contributed by atoms with Crippen molar-refractivity contribution >= 4 is 11.9 Å². The van der Waals surface area contributed by atoms with E-state index in [0.717, 1.165) is 18.5 Å². The molecule has 22 heavy (non-hydrogen) atoms. The number of amides is 1. The number of unbranched alkanes of at least 4 members (excludes halogenated alkanes) is 1. The first-order valence-electron chi connectivity index (χ1n) is 7.13. The molecule has 0 aliphatic carbocycles. The predicted octanol–water partition coefficient (Wildman–Crippen LogP) is 1.64. The summed E-state index contributed by atoms with van der Waals surface area (Å²) in [6, 6.07) is 8.25. The van der Waals surface area contributed by atoms with E-state index in [1.807, 2.05) is 37.3 Å². The lowest BCUT2D eigenvalue weighted by molar-refractivity contribution is -0.139. The molecule has 0 saturated carbocycles. The second kappa shape index (κ2) is 7.35. The summed E-state index contributed by atoms with van der Waals surface area (Å²) >= 11 is 0. The van der Waals surface area contributed by atoms with Crippen molar-refractivity contribution in [2.24, 2.45) is 0 Å². The first-order valence-corrected chi connectivity index (χ1v) is 7.13. The van der Waals surface area contributed by atoms with Crippen LogP contribution in [0, 0.1) is 0 Å². The van der Waals surface area contributed by atoms with E-state index in [1.54, 1.807) is 0 Å². The molecule has 2 aromatic rings. The second-order valence-corrected chi connectivity index (χ2v) is 4.86. The number of aromatic nitrogens is 3. The average molecular weight is 302 g/mol. The van der Waals surface area contributed by atoms with Crippen LogP contribution < -0.4 is 5.32 Å². The Bertz CT molecular complexity index is 639. The SMILES string of the molecule is CCCC[C@H](NC(=O)c1cnn(-c2ccccc2)n1)C(=O)O. The lowest BCUT2D eigenvalue weighted by Gasteiger charge is -2.12. The van der Waals surface area contributed by atoms with Gasteiger partial charge in [0.15, 0.2) is 5.69 Å². The molecule has 1 amide bonds. The molecular weight excluding hydrogens is 284 g/mol. The number of nitrogens with zero attached hydrogens (tertiary/aromatic N) is 3. The van der Waals surface area contributed by atoms with Gasteiger partial charge in [-0.15, -0.1) is 5.10 Å². The molecule has 7 heteroatoms. The van der Waals surface area contributed by atoms with Crippen molar-refractivity contribution < 1.29 is 14.7 Å². The van der Waals surface area contributed by atoms with Gasteiger partial charge in [-0.25, -0.2) is 4.79 Å². The topological polar surface area (TPSA) is 97.1 Å². The number of aliphatic carboxylic acids is 1. The third-order valence-electron chi connectivity index (χ3n) is 3.16. The van der Waals surface area contributed by atoms with Gasteiger partial charge in [-0.1, -0.05) is 38.0 Å². The fourth-order valence-electron chi connectivity index (χ4n) is 1.95. The number of benzene rings is 1. The number of rotatable bonds is 7. The van der Waals surface area contributed by atoms with Crippen LogP contribution in [0.1, 0.15) is 36.7 Å². The Morgan fingerprint density at radius 1 is 1.32 bits per heavy atom. The zero-order chi connectivity index (χ0) is 15.9. The highest BCUT2D eigenvalue weighted by atomic mass is 16.4. The smallest absolute Gasteiger partial charge is 0.326 e. The summed E-state index contributed by atoms with van der Waals surface area (Å²) in [5, 5.41) is 19.7. The molecular formula is C15H18N4O3. The van der Waals surface area contributed by atoms with Gasteiger partial charge in [-0.3, -0.25) is 4.79 Å². The molecule has 1 atom stereocenters. The molecule has 0 fully saturated rings. The zero-order valence-electron chi connectivity index (χ0n) is 12.3. The van der Waals surface area contributed by atoms with E-state index in [-0.39, 0.29) is 5.69 Å². The molecule has 0 unspecified atom stereocenters. The van der Waals surface area contributed by atoms with Crippen LogP contribution in [0.25, 0.3) is 5.69 Å². The predicted molar refractivity (Wildman–Crippen MR) is 79.8 cm³/mol. The van der Waals surface area contributed by atoms with Crippen LogP contribution in [0.15, 0.2) is 36.5 Å². The van der Waals surface area contributed by atoms with E-state index >= 15 is 0 Å². The number of carboxylic acids is 1. The number of hydrogen-bond acceptors (Lipinski definition) is 4. The molecule has 0 saturated heterocycles. The summed E-state index contributed by atoms with van der Waals surface area (Å²) in [6.07, 6.45) is 3.31. The third-order valence-corrected chi connectivity index (χ3v) is 3.16. The summed E-state index contributed by atoms with van der Waals surface area (Å²) in [4.78, 5) is 24.6. The Morgan fingerprint density at radius 2 is 2.05 bits per heavy atom. The molecule has 7 nitrogen and oxygen atoms in total. The maximum Gasteiger partial charge on any atom is 0.326 e. The Morgan fingerprint density at radius 3 is 2.68 bits per heavy atom. The number of carboxylic acid groups (broad SMARTS) is 1. The van der Waals surface area contributed by atoms with Gasteiger partial charge in [-0.2, -0.15) is 9.90 Å². The average Bonchev–Trinajstić information content (AvgIpc) is 3.02. The van der Waals surface area contributed by atoms with E-state index in [4.69, 9.17) is 5.11 Å². The first-order chi connectivity index (χ1) is 10.6. The van der Waals surface area contributed by atoms with Crippen molar-refractivity contribution in [3.8, 4) is 5.69 Å². The number of carbonyl (C=O) groups excluding carboxylic acids is 1. The van der Waals surface area contributed by atoms with E-state index in [2.05, 4.69) is 15.5 Å². The van der Waals surface area contributed by atoms with Gasteiger partial charge in [0.1, 0.15) is 6.04 Å². The van der Waals surface area contributed by atoms with Crippen LogP contribution in [0.3, 0.4) is 0 Å². The third kappa shape index (κ3) is 3.91. The Labute approximate surface area is 128 Å². The molecule has 2 rings (SSSR count). The van der Waals surface area contributed by atoms with Crippen molar-refractivity contribution in [1.82, 2.24) is 20.3 Å². The molecule has 1 aromatic carbocycles. The molecule has 116 valence electrons. The monoisotopic (exact) mass is 302 g/mol. The van der Waals surface area contributed by atoms with Gasteiger partial charge in [-0.05, 0) is 18.6 Å². The van der Waals surface area contributed by atoms with Crippen molar-refractivity contribution in [1.29, 1.82) is 0 Å². The van der Waals surface area contributed by atoms with Gasteiger partial charge in [0.05, 0.1) is 11.9 Å². The standard InChI is InChI=1S/C15H18N4O3/c1-2-3-9-12(15(21)22)17-14(20)13-10-16-19(18-13)11-7-5-4-6-8-11/h4-8,10,12H,2-3,9H2,1H3,(H,17,20)(H,21,22)/t12-/m0/s1. The van der Waals surface area contributed by atoms with Gasteiger partial charge in [0.25, 0.3) is 5.91 Å². The van der Waals surface area contributed by atoms with E-state index < -0.39 is 17.9 Å². The summed E-state index contributed by atoms with van der Waals surface area (Å²) < 4.78 is 0. The number of nitrogens with one attached hydrogen (secondary N) is 1. The van der Waals surface area contributed by atoms with Crippen LogP contribution in [-0.4, -0.2) is 38.0 Å². The molecule has 0 bridgehead atoms. The minimum absolute atomic E-state index is 0.0894. The fourth-order valence-corrected chi connectivity index (χ4v) is 1.95.